The lowest BCUT2D eigenvalue weighted by atomic mass is 9.99. The molecule has 0 aliphatic carbocycles. The minimum Gasteiger partial charge on any atom is -0.371 e. The molecule has 0 radical (unpaired) electrons. The predicted molar refractivity (Wildman–Crippen MR) is 62.1 cm³/mol. The van der Waals surface area contributed by atoms with E-state index in [0.717, 1.165) is 5.92 Å². The molecule has 0 aromatic carbocycles. The van der Waals surface area contributed by atoms with Crippen molar-refractivity contribution in [3.05, 3.63) is 24.5 Å². The monoisotopic (exact) mass is 212 g/mol. The van der Waals surface area contributed by atoms with Crippen LogP contribution in [0.25, 0.3) is 0 Å². The van der Waals surface area contributed by atoms with Gasteiger partial charge >= 0.3 is 0 Å². The largest absolute Gasteiger partial charge is 0.371 e. The van der Waals surface area contributed by atoms with Crippen molar-refractivity contribution in [3.63, 3.8) is 0 Å². The van der Waals surface area contributed by atoms with Gasteiger partial charge in [-0.2, -0.15) is 0 Å². The summed E-state index contributed by atoms with van der Waals surface area (Å²) in [5, 5.41) is 0. The molecular formula is C11H17ClN2. The third kappa shape index (κ3) is 2.61. The van der Waals surface area contributed by atoms with E-state index in [1.165, 1.54) is 31.6 Å². The van der Waals surface area contributed by atoms with Crippen LogP contribution in [-0.2, 0) is 0 Å². The Kier molecular flexibility index (Phi) is 4.21. The molecule has 1 aromatic rings. The van der Waals surface area contributed by atoms with Crippen molar-refractivity contribution in [1.82, 2.24) is 4.98 Å². The standard InChI is InChI=1S/C11H16N2.ClH/c1-10-4-8-13(9-5-10)11-2-6-12-7-3-11;/h2-3,6-7,10H,4-5,8-9H2,1H3;1H. The maximum Gasteiger partial charge on any atom is 0.0397 e. The second kappa shape index (κ2) is 5.20. The number of hydrogen-bond donors (Lipinski definition) is 0. The summed E-state index contributed by atoms with van der Waals surface area (Å²) in [5.41, 5.74) is 1.32. The van der Waals surface area contributed by atoms with Crippen LogP contribution in [0.15, 0.2) is 24.5 Å². The summed E-state index contributed by atoms with van der Waals surface area (Å²) in [6.07, 6.45) is 6.38. The Bertz CT molecular complexity index is 255. The predicted octanol–water partition coefficient (Wildman–Crippen LogP) is 2.74. The maximum atomic E-state index is 4.03. The smallest absolute Gasteiger partial charge is 0.0397 e. The molecule has 2 rings (SSSR count). The van der Waals surface area contributed by atoms with Crippen LogP contribution < -0.4 is 4.90 Å². The second-order valence-corrected chi connectivity index (χ2v) is 3.87. The number of anilines is 1. The van der Waals surface area contributed by atoms with E-state index < -0.39 is 0 Å². The second-order valence-electron chi connectivity index (χ2n) is 3.87. The van der Waals surface area contributed by atoms with E-state index in [0.29, 0.717) is 0 Å². The van der Waals surface area contributed by atoms with E-state index >= 15 is 0 Å². The molecule has 0 atom stereocenters. The van der Waals surface area contributed by atoms with E-state index in [1.807, 2.05) is 12.4 Å². The third-order valence-corrected chi connectivity index (χ3v) is 2.81. The van der Waals surface area contributed by atoms with Gasteiger partial charge in [-0.15, -0.1) is 12.4 Å². The normalized spacial score (nSPS) is 17.6. The van der Waals surface area contributed by atoms with Gasteiger partial charge in [0.1, 0.15) is 0 Å². The molecule has 0 N–H and O–H groups in total. The highest BCUT2D eigenvalue weighted by Gasteiger charge is 2.15. The van der Waals surface area contributed by atoms with Gasteiger partial charge < -0.3 is 4.90 Å². The van der Waals surface area contributed by atoms with Gasteiger partial charge in [-0.1, -0.05) is 6.92 Å². The molecule has 3 heteroatoms. The molecule has 1 fully saturated rings. The summed E-state index contributed by atoms with van der Waals surface area (Å²) in [5.74, 6) is 0.901. The fraction of sp³-hybridized carbons (Fsp3) is 0.545. The highest BCUT2D eigenvalue weighted by Crippen LogP contribution is 2.21. The Labute approximate surface area is 91.7 Å². The Hall–Kier alpha value is -0.760. The summed E-state index contributed by atoms with van der Waals surface area (Å²) < 4.78 is 0. The topological polar surface area (TPSA) is 16.1 Å². The molecule has 14 heavy (non-hydrogen) atoms. The molecular weight excluding hydrogens is 196 g/mol. The molecule has 78 valence electrons. The van der Waals surface area contributed by atoms with Crippen LogP contribution >= 0.6 is 12.4 Å². The van der Waals surface area contributed by atoms with Crippen molar-refractivity contribution in [3.8, 4) is 0 Å². The van der Waals surface area contributed by atoms with Gasteiger partial charge in [-0.3, -0.25) is 4.98 Å². The van der Waals surface area contributed by atoms with Crippen LogP contribution in [0.4, 0.5) is 5.69 Å². The molecule has 1 saturated heterocycles. The summed E-state index contributed by atoms with van der Waals surface area (Å²) in [6, 6.07) is 4.19. The van der Waals surface area contributed by atoms with E-state index in [-0.39, 0.29) is 12.4 Å². The Morgan fingerprint density at radius 1 is 1.21 bits per heavy atom. The van der Waals surface area contributed by atoms with Crippen molar-refractivity contribution < 1.29 is 0 Å². The molecule has 1 aliphatic rings. The Morgan fingerprint density at radius 2 is 1.79 bits per heavy atom. The van der Waals surface area contributed by atoms with Crippen LogP contribution in [0.3, 0.4) is 0 Å². The zero-order chi connectivity index (χ0) is 9.10. The highest BCUT2D eigenvalue weighted by atomic mass is 35.5. The minimum absolute atomic E-state index is 0. The number of nitrogens with zero attached hydrogens (tertiary/aromatic N) is 2. The van der Waals surface area contributed by atoms with Crippen LogP contribution in [0.2, 0.25) is 0 Å². The number of aromatic nitrogens is 1. The summed E-state index contributed by atoms with van der Waals surface area (Å²) in [4.78, 5) is 6.47. The van der Waals surface area contributed by atoms with Gasteiger partial charge in [-0.05, 0) is 30.9 Å². The maximum absolute atomic E-state index is 4.03. The average Bonchev–Trinajstić information content (AvgIpc) is 2.20. The first-order valence-corrected chi connectivity index (χ1v) is 5.01. The molecule has 0 bridgehead atoms. The SMILES string of the molecule is CC1CCN(c2ccncc2)CC1.Cl. The van der Waals surface area contributed by atoms with Gasteiger partial charge in [0, 0.05) is 31.2 Å². The van der Waals surface area contributed by atoms with Crippen molar-refractivity contribution >= 4 is 18.1 Å². The Morgan fingerprint density at radius 3 is 2.36 bits per heavy atom. The minimum atomic E-state index is 0. The molecule has 0 saturated carbocycles. The fourth-order valence-electron chi connectivity index (χ4n) is 1.82. The van der Waals surface area contributed by atoms with E-state index in [4.69, 9.17) is 0 Å². The van der Waals surface area contributed by atoms with E-state index in [9.17, 15) is 0 Å². The van der Waals surface area contributed by atoms with Gasteiger partial charge in [0.25, 0.3) is 0 Å². The quantitative estimate of drug-likeness (QED) is 0.712. The van der Waals surface area contributed by atoms with Gasteiger partial charge in [0.15, 0.2) is 0 Å². The van der Waals surface area contributed by atoms with E-state index in [1.54, 1.807) is 0 Å². The molecule has 0 amide bonds. The zero-order valence-electron chi connectivity index (χ0n) is 8.52. The first-order valence-electron chi connectivity index (χ1n) is 5.01. The lowest BCUT2D eigenvalue weighted by Gasteiger charge is -2.31. The van der Waals surface area contributed by atoms with Crippen LogP contribution in [0.5, 0.6) is 0 Å². The first kappa shape index (κ1) is 11.3. The molecule has 2 nitrogen and oxygen atoms in total. The Balaban J connectivity index is 0.000000980. The van der Waals surface area contributed by atoms with Gasteiger partial charge in [-0.25, -0.2) is 0 Å². The van der Waals surface area contributed by atoms with Crippen molar-refractivity contribution in [2.75, 3.05) is 18.0 Å². The van der Waals surface area contributed by atoms with Gasteiger partial charge in [0.05, 0.1) is 0 Å². The summed E-state index contributed by atoms with van der Waals surface area (Å²) >= 11 is 0. The summed E-state index contributed by atoms with van der Waals surface area (Å²) in [6.45, 7) is 4.74. The number of pyridine rings is 1. The molecule has 0 unspecified atom stereocenters. The first-order chi connectivity index (χ1) is 6.36. The third-order valence-electron chi connectivity index (χ3n) is 2.81. The van der Waals surface area contributed by atoms with Crippen LogP contribution in [-0.4, -0.2) is 18.1 Å². The number of hydrogen-bond acceptors (Lipinski definition) is 2. The van der Waals surface area contributed by atoms with Crippen molar-refractivity contribution in [2.45, 2.75) is 19.8 Å². The molecule has 1 aromatic heterocycles. The molecule has 1 aliphatic heterocycles. The zero-order valence-corrected chi connectivity index (χ0v) is 9.33. The van der Waals surface area contributed by atoms with Gasteiger partial charge in [0.2, 0.25) is 0 Å². The van der Waals surface area contributed by atoms with Crippen LogP contribution in [0.1, 0.15) is 19.8 Å². The summed E-state index contributed by atoms with van der Waals surface area (Å²) in [7, 11) is 0. The number of halogens is 1. The van der Waals surface area contributed by atoms with Crippen molar-refractivity contribution in [1.29, 1.82) is 0 Å². The molecule has 2 heterocycles. The van der Waals surface area contributed by atoms with E-state index in [2.05, 4.69) is 28.9 Å². The highest BCUT2D eigenvalue weighted by molar-refractivity contribution is 5.85. The lowest BCUT2D eigenvalue weighted by molar-refractivity contribution is 0.438. The number of rotatable bonds is 1. The fourth-order valence-corrected chi connectivity index (χ4v) is 1.82. The lowest BCUT2D eigenvalue weighted by Crippen LogP contribution is -2.32. The van der Waals surface area contributed by atoms with Crippen molar-refractivity contribution in [2.24, 2.45) is 5.92 Å². The average molecular weight is 213 g/mol. The van der Waals surface area contributed by atoms with Crippen LogP contribution in [0, 0.1) is 5.92 Å². The molecule has 0 spiro atoms. The number of piperidine rings is 1.